The first-order chi connectivity index (χ1) is 11.3. The van der Waals surface area contributed by atoms with Gasteiger partial charge in [0.05, 0.1) is 30.5 Å². The van der Waals surface area contributed by atoms with Crippen LogP contribution in [0.2, 0.25) is 0 Å². The molecule has 2 heterocycles. The topological polar surface area (TPSA) is 67.8 Å². The molecule has 0 aliphatic carbocycles. The Kier molecular flexibility index (Phi) is 11.6. The second-order valence-corrected chi connectivity index (χ2v) is 6.54. The third-order valence-corrected chi connectivity index (χ3v) is 4.74. The number of aromatic nitrogens is 1. The summed E-state index contributed by atoms with van der Waals surface area (Å²) in [5.41, 5.74) is 1.07. The molecule has 2 N–H and O–H groups in total. The highest BCUT2D eigenvalue weighted by molar-refractivity contribution is 14.0. The first-order valence-corrected chi connectivity index (χ1v) is 9.23. The van der Waals surface area contributed by atoms with Crippen molar-refractivity contribution in [1.82, 2.24) is 15.6 Å². The monoisotopic (exact) mass is 468 g/mol. The van der Waals surface area contributed by atoms with E-state index in [1.54, 1.807) is 18.4 Å². The number of guanidine groups is 1. The molecule has 24 heavy (non-hydrogen) atoms. The van der Waals surface area contributed by atoms with E-state index >= 15 is 0 Å². The maximum Gasteiger partial charge on any atom is 0.191 e. The second-order valence-electron chi connectivity index (χ2n) is 5.60. The van der Waals surface area contributed by atoms with E-state index in [1.165, 1.54) is 5.01 Å². The van der Waals surface area contributed by atoms with Gasteiger partial charge in [-0.15, -0.1) is 35.3 Å². The van der Waals surface area contributed by atoms with Crippen LogP contribution in [0.4, 0.5) is 0 Å². The first kappa shape index (κ1) is 21.6. The Morgan fingerprint density at radius 3 is 3.04 bits per heavy atom. The molecule has 1 unspecified atom stereocenters. The van der Waals surface area contributed by atoms with Crippen LogP contribution in [-0.2, 0) is 22.4 Å². The van der Waals surface area contributed by atoms with Gasteiger partial charge in [-0.2, -0.15) is 0 Å². The van der Waals surface area contributed by atoms with Gasteiger partial charge in [-0.1, -0.05) is 6.92 Å². The van der Waals surface area contributed by atoms with Gasteiger partial charge in [0.15, 0.2) is 5.96 Å². The van der Waals surface area contributed by atoms with Crippen molar-refractivity contribution in [2.75, 3.05) is 40.0 Å². The summed E-state index contributed by atoms with van der Waals surface area (Å²) < 4.78 is 11.0. The maximum atomic E-state index is 5.69. The normalized spacial score (nSPS) is 17.6. The Hall–Kier alpha value is -0.450. The van der Waals surface area contributed by atoms with Gasteiger partial charge in [-0.3, -0.25) is 4.99 Å². The summed E-state index contributed by atoms with van der Waals surface area (Å²) in [6.45, 7) is 7.00. The molecular formula is C16H29IN4O2S. The average Bonchev–Trinajstić information content (AvgIpc) is 3.25. The lowest BCUT2D eigenvalue weighted by atomic mass is 10.1. The molecule has 0 spiro atoms. The molecule has 1 fully saturated rings. The molecule has 1 aliphatic rings. The molecule has 0 bridgehead atoms. The van der Waals surface area contributed by atoms with Crippen LogP contribution >= 0.6 is 35.3 Å². The van der Waals surface area contributed by atoms with E-state index in [2.05, 4.69) is 32.9 Å². The predicted octanol–water partition coefficient (Wildman–Crippen LogP) is 2.43. The molecule has 1 aromatic heterocycles. The minimum Gasteiger partial charge on any atom is -0.381 e. The molecule has 138 valence electrons. The Morgan fingerprint density at radius 1 is 1.50 bits per heavy atom. The molecule has 0 amide bonds. The van der Waals surface area contributed by atoms with E-state index in [0.29, 0.717) is 12.5 Å². The van der Waals surface area contributed by atoms with Crippen molar-refractivity contribution in [3.63, 3.8) is 0 Å². The molecular weight excluding hydrogens is 439 g/mol. The van der Waals surface area contributed by atoms with Crippen molar-refractivity contribution in [1.29, 1.82) is 0 Å². The fourth-order valence-electron chi connectivity index (χ4n) is 2.33. The van der Waals surface area contributed by atoms with Crippen molar-refractivity contribution in [2.24, 2.45) is 10.9 Å². The fraction of sp³-hybridized carbons (Fsp3) is 0.750. The molecule has 2 rings (SSSR count). The SMILES string of the molecule is CCc1nc(CNC(=NC)NCCCOCC2CCOC2)cs1.I. The molecule has 0 radical (unpaired) electrons. The van der Waals surface area contributed by atoms with E-state index < -0.39 is 0 Å². The zero-order chi connectivity index (χ0) is 16.3. The van der Waals surface area contributed by atoms with E-state index in [4.69, 9.17) is 9.47 Å². The van der Waals surface area contributed by atoms with Crippen LogP contribution in [0.3, 0.4) is 0 Å². The van der Waals surface area contributed by atoms with Crippen LogP contribution in [0.15, 0.2) is 10.4 Å². The number of thiazole rings is 1. The quantitative estimate of drug-likeness (QED) is 0.252. The van der Waals surface area contributed by atoms with Gasteiger partial charge in [0.2, 0.25) is 0 Å². The average molecular weight is 468 g/mol. The van der Waals surface area contributed by atoms with Crippen molar-refractivity contribution >= 4 is 41.3 Å². The molecule has 1 aliphatic heterocycles. The Morgan fingerprint density at radius 2 is 2.38 bits per heavy atom. The summed E-state index contributed by atoms with van der Waals surface area (Å²) in [4.78, 5) is 8.76. The third kappa shape index (κ3) is 8.09. The fourth-order valence-corrected chi connectivity index (χ4v) is 3.08. The highest BCUT2D eigenvalue weighted by Gasteiger charge is 2.15. The van der Waals surface area contributed by atoms with E-state index in [9.17, 15) is 0 Å². The molecule has 6 nitrogen and oxygen atoms in total. The van der Waals surface area contributed by atoms with Crippen molar-refractivity contribution in [2.45, 2.75) is 32.7 Å². The van der Waals surface area contributed by atoms with Crippen LogP contribution in [0.5, 0.6) is 0 Å². The summed E-state index contributed by atoms with van der Waals surface area (Å²) in [6, 6.07) is 0. The first-order valence-electron chi connectivity index (χ1n) is 8.35. The minimum atomic E-state index is 0. The number of aryl methyl sites for hydroxylation is 1. The number of aliphatic imine (C=N–C) groups is 1. The highest BCUT2D eigenvalue weighted by atomic mass is 127. The molecule has 1 atom stereocenters. The number of hydrogen-bond acceptors (Lipinski definition) is 5. The number of nitrogens with one attached hydrogen (secondary N) is 2. The van der Waals surface area contributed by atoms with Gasteiger partial charge in [0.1, 0.15) is 0 Å². The van der Waals surface area contributed by atoms with Crippen LogP contribution in [0.1, 0.15) is 30.5 Å². The predicted molar refractivity (Wildman–Crippen MR) is 109 cm³/mol. The summed E-state index contributed by atoms with van der Waals surface area (Å²) in [7, 11) is 1.78. The zero-order valence-corrected chi connectivity index (χ0v) is 17.7. The van der Waals surface area contributed by atoms with Crippen molar-refractivity contribution < 1.29 is 9.47 Å². The lowest BCUT2D eigenvalue weighted by molar-refractivity contribution is 0.0888. The van der Waals surface area contributed by atoms with Gasteiger partial charge in [-0.05, 0) is 19.3 Å². The van der Waals surface area contributed by atoms with Gasteiger partial charge >= 0.3 is 0 Å². The number of ether oxygens (including phenoxy) is 2. The largest absolute Gasteiger partial charge is 0.381 e. The van der Waals surface area contributed by atoms with Crippen molar-refractivity contribution in [3.05, 3.63) is 16.1 Å². The van der Waals surface area contributed by atoms with Crippen LogP contribution < -0.4 is 10.6 Å². The lowest BCUT2D eigenvalue weighted by Gasteiger charge is -2.12. The summed E-state index contributed by atoms with van der Waals surface area (Å²) in [5.74, 6) is 1.39. The maximum absolute atomic E-state index is 5.69. The van der Waals surface area contributed by atoms with E-state index in [-0.39, 0.29) is 24.0 Å². The van der Waals surface area contributed by atoms with Gasteiger partial charge in [0.25, 0.3) is 0 Å². The molecule has 8 heteroatoms. The Bertz CT molecular complexity index is 478. The number of hydrogen-bond donors (Lipinski definition) is 2. The van der Waals surface area contributed by atoms with Crippen LogP contribution in [0, 0.1) is 5.92 Å². The lowest BCUT2D eigenvalue weighted by Crippen LogP contribution is -2.37. The Labute approximate surface area is 165 Å². The summed E-state index contributed by atoms with van der Waals surface area (Å²) in [5, 5.41) is 9.86. The van der Waals surface area contributed by atoms with Crippen LogP contribution in [-0.4, -0.2) is 51.0 Å². The standard InChI is InChI=1S/C16H28N4O2S.HI/c1-3-15-20-14(12-23-15)9-19-16(17-2)18-6-4-7-21-10-13-5-8-22-11-13;/h12-13H,3-11H2,1-2H3,(H2,17,18,19);1H. The third-order valence-electron chi connectivity index (χ3n) is 3.70. The van der Waals surface area contributed by atoms with Gasteiger partial charge < -0.3 is 20.1 Å². The number of nitrogens with zero attached hydrogens (tertiary/aromatic N) is 2. The molecule has 1 aromatic rings. The van der Waals surface area contributed by atoms with Gasteiger partial charge in [-0.25, -0.2) is 4.98 Å². The number of halogens is 1. The second kappa shape index (κ2) is 12.8. The Balaban J connectivity index is 0.00000288. The summed E-state index contributed by atoms with van der Waals surface area (Å²) in [6.07, 6.45) is 3.08. The van der Waals surface area contributed by atoms with E-state index in [0.717, 1.165) is 63.9 Å². The smallest absolute Gasteiger partial charge is 0.191 e. The van der Waals surface area contributed by atoms with E-state index in [1.807, 2.05) is 0 Å². The molecule has 1 saturated heterocycles. The molecule has 0 saturated carbocycles. The zero-order valence-electron chi connectivity index (χ0n) is 14.5. The molecule has 0 aromatic carbocycles. The van der Waals surface area contributed by atoms with Gasteiger partial charge in [0, 0.05) is 38.1 Å². The van der Waals surface area contributed by atoms with Crippen LogP contribution in [0.25, 0.3) is 0 Å². The number of rotatable bonds is 9. The minimum absolute atomic E-state index is 0. The summed E-state index contributed by atoms with van der Waals surface area (Å²) >= 11 is 1.71. The highest BCUT2D eigenvalue weighted by Crippen LogP contribution is 2.12. The van der Waals surface area contributed by atoms with Crippen molar-refractivity contribution in [3.8, 4) is 0 Å².